The fraction of sp³-hybridized carbons (Fsp3) is 0.273. The molecule has 0 heterocycles. The lowest BCUT2D eigenvalue weighted by Crippen LogP contribution is -2.36. The van der Waals surface area contributed by atoms with Gasteiger partial charge in [0.05, 0.1) is 0 Å². The van der Waals surface area contributed by atoms with Crippen LogP contribution in [0.3, 0.4) is 0 Å². The van der Waals surface area contributed by atoms with E-state index in [1.807, 2.05) is 11.1 Å². The van der Waals surface area contributed by atoms with E-state index in [0.717, 1.165) is 0 Å². The Bertz CT molecular complexity index is 1710. The summed E-state index contributed by atoms with van der Waals surface area (Å²) in [5.41, 5.74) is 9.33. The van der Waals surface area contributed by atoms with Crippen LogP contribution in [0.15, 0.2) is 145 Å². The average molecular weight is 635 g/mol. The smallest absolute Gasteiger partial charge is 0.0134 e. The number of aryl methyl sites for hydroxylation is 1. The van der Waals surface area contributed by atoms with Crippen LogP contribution in [0.1, 0.15) is 74.0 Å². The summed E-state index contributed by atoms with van der Waals surface area (Å²) in [6, 6.07) is 51.3. The Hall–Kier alpha value is -3.30. The first-order valence-corrected chi connectivity index (χ1v) is 20.3. The quantitative estimate of drug-likeness (QED) is 0.124. The Morgan fingerprint density at radius 3 is 1.59 bits per heavy atom. The summed E-state index contributed by atoms with van der Waals surface area (Å²) in [5.74, 6) is 0.482. The van der Waals surface area contributed by atoms with Gasteiger partial charge in [-0.15, -0.1) is 0 Å². The normalized spacial score (nSPS) is 19.6. The lowest BCUT2D eigenvalue weighted by Gasteiger charge is -2.45. The molecular weight excluding hydrogens is 590 g/mol. The van der Waals surface area contributed by atoms with E-state index in [1.165, 1.54) is 74.8 Å². The van der Waals surface area contributed by atoms with Crippen molar-refractivity contribution in [3.8, 4) is 0 Å². The number of hydrogen-bond acceptors (Lipinski definition) is 0. The molecule has 2 heteroatoms. The first-order valence-electron chi connectivity index (χ1n) is 17.5. The van der Waals surface area contributed by atoms with E-state index >= 15 is 0 Å². The van der Waals surface area contributed by atoms with Gasteiger partial charge in [-0.3, -0.25) is 0 Å². The minimum atomic E-state index is -0.694. The molecule has 0 aliphatic heterocycles. The molecule has 0 spiro atoms. The van der Waals surface area contributed by atoms with Gasteiger partial charge in [-0.1, -0.05) is 145 Å². The molecule has 0 aromatic heterocycles. The summed E-state index contributed by atoms with van der Waals surface area (Å²) in [7, 11) is -1.24. The number of rotatable bonds is 7. The Morgan fingerprint density at radius 1 is 0.457 bits per heavy atom. The van der Waals surface area contributed by atoms with Crippen LogP contribution in [0.4, 0.5) is 0 Å². The van der Waals surface area contributed by atoms with Gasteiger partial charge < -0.3 is 0 Å². The lowest BCUT2D eigenvalue weighted by molar-refractivity contribution is 0.520. The molecule has 5 aromatic carbocycles. The molecule has 5 aromatic rings. The third-order valence-electron chi connectivity index (χ3n) is 10.7. The first kappa shape index (κ1) is 30.1. The molecule has 230 valence electrons. The van der Waals surface area contributed by atoms with E-state index in [9.17, 15) is 0 Å². The first-order chi connectivity index (χ1) is 22.9. The number of benzene rings is 5. The molecule has 1 unspecified atom stereocenters. The van der Waals surface area contributed by atoms with Gasteiger partial charge in [0.1, 0.15) is 0 Å². The van der Waals surface area contributed by atoms with Crippen molar-refractivity contribution in [2.45, 2.75) is 75.8 Å². The van der Waals surface area contributed by atoms with E-state index in [2.05, 4.69) is 133 Å². The molecule has 3 aliphatic rings. The molecule has 0 radical (unpaired) electrons. The molecule has 2 atom stereocenters. The van der Waals surface area contributed by atoms with Crippen LogP contribution >= 0.6 is 15.8 Å². The van der Waals surface area contributed by atoms with Crippen molar-refractivity contribution < 1.29 is 0 Å². The molecule has 0 nitrogen and oxygen atoms in total. The van der Waals surface area contributed by atoms with Crippen molar-refractivity contribution in [3.63, 3.8) is 0 Å². The van der Waals surface area contributed by atoms with Crippen LogP contribution in [-0.4, -0.2) is 5.66 Å². The fourth-order valence-electron chi connectivity index (χ4n) is 8.69. The highest BCUT2D eigenvalue weighted by atomic mass is 31.1. The number of hydrogen-bond donors (Lipinski definition) is 0. The Balaban J connectivity index is 1.41. The van der Waals surface area contributed by atoms with Gasteiger partial charge in [-0.25, -0.2) is 0 Å². The van der Waals surface area contributed by atoms with E-state index in [4.69, 9.17) is 0 Å². The predicted octanol–water partition coefficient (Wildman–Crippen LogP) is 9.57. The highest BCUT2D eigenvalue weighted by Gasteiger charge is 2.42. The van der Waals surface area contributed by atoms with Gasteiger partial charge in [0.2, 0.25) is 0 Å². The lowest BCUT2D eigenvalue weighted by atomic mass is 9.70. The zero-order valence-corrected chi connectivity index (χ0v) is 28.6. The molecule has 3 aliphatic carbocycles. The van der Waals surface area contributed by atoms with E-state index < -0.39 is 15.8 Å². The number of fused-ring (bicyclic) bond motifs is 1. The van der Waals surface area contributed by atoms with Crippen LogP contribution in [-0.2, 0) is 12.8 Å². The Kier molecular flexibility index (Phi) is 9.03. The molecule has 0 saturated carbocycles. The van der Waals surface area contributed by atoms with E-state index in [-0.39, 0.29) is 0 Å². The second-order valence-electron chi connectivity index (χ2n) is 13.3. The van der Waals surface area contributed by atoms with Crippen molar-refractivity contribution in [2.24, 2.45) is 0 Å². The summed E-state index contributed by atoms with van der Waals surface area (Å²) in [6.07, 6.45) is 13.0. The minimum absolute atomic E-state index is 0.482. The van der Waals surface area contributed by atoms with Crippen molar-refractivity contribution in [1.82, 2.24) is 0 Å². The second-order valence-corrected chi connectivity index (χ2v) is 17.9. The maximum Gasteiger partial charge on any atom is 0.0134 e. The van der Waals surface area contributed by atoms with Crippen LogP contribution in [0.25, 0.3) is 0 Å². The highest BCUT2D eigenvalue weighted by Crippen LogP contribution is 2.57. The summed E-state index contributed by atoms with van der Waals surface area (Å²) < 4.78 is 0. The van der Waals surface area contributed by atoms with Crippen LogP contribution < -0.4 is 26.5 Å². The zero-order valence-electron chi connectivity index (χ0n) is 26.8. The molecule has 0 saturated heterocycles. The van der Waals surface area contributed by atoms with Crippen molar-refractivity contribution in [3.05, 3.63) is 161 Å². The Morgan fingerprint density at radius 2 is 0.978 bits per heavy atom. The van der Waals surface area contributed by atoms with Crippen LogP contribution in [0.5, 0.6) is 0 Å². The summed E-state index contributed by atoms with van der Waals surface area (Å²) >= 11 is 0. The van der Waals surface area contributed by atoms with E-state index in [1.54, 1.807) is 32.6 Å². The van der Waals surface area contributed by atoms with Gasteiger partial charge >= 0.3 is 0 Å². The minimum Gasteiger partial charge on any atom is -0.0703 e. The molecule has 0 fully saturated rings. The molecule has 8 rings (SSSR count). The summed E-state index contributed by atoms with van der Waals surface area (Å²) in [6.45, 7) is 0. The van der Waals surface area contributed by atoms with Crippen molar-refractivity contribution >= 4 is 42.4 Å². The molecule has 0 N–H and O–H groups in total. The molecule has 0 bridgehead atoms. The SMILES string of the molecule is c1ccc(P(c2ccccc2)c2ccc3c(c2[C@H]2C4=C(CCCC4)CCC2P(c2ccccc2)c2ccccc2)CCCC3)cc1. The average Bonchev–Trinajstić information content (AvgIpc) is 3.14. The topological polar surface area (TPSA) is 0 Å². The van der Waals surface area contributed by atoms with E-state index in [0.29, 0.717) is 11.6 Å². The van der Waals surface area contributed by atoms with Gasteiger partial charge in [-0.05, 0) is 129 Å². The van der Waals surface area contributed by atoms with Crippen molar-refractivity contribution in [2.75, 3.05) is 0 Å². The van der Waals surface area contributed by atoms with Crippen LogP contribution in [0.2, 0.25) is 0 Å². The maximum absolute atomic E-state index is 2.60. The highest BCUT2D eigenvalue weighted by molar-refractivity contribution is 7.80. The second kappa shape index (κ2) is 13.8. The monoisotopic (exact) mass is 634 g/mol. The fourth-order valence-corrected chi connectivity index (χ4v) is 14.3. The van der Waals surface area contributed by atoms with Gasteiger partial charge in [0.25, 0.3) is 0 Å². The van der Waals surface area contributed by atoms with Gasteiger partial charge in [0.15, 0.2) is 0 Å². The molecule has 0 amide bonds. The van der Waals surface area contributed by atoms with Crippen molar-refractivity contribution in [1.29, 1.82) is 0 Å². The number of allylic oxidation sites excluding steroid dienone is 2. The van der Waals surface area contributed by atoms with Gasteiger partial charge in [-0.2, -0.15) is 0 Å². The maximum atomic E-state index is 2.60. The van der Waals surface area contributed by atoms with Gasteiger partial charge in [0, 0.05) is 5.92 Å². The molecule has 46 heavy (non-hydrogen) atoms. The summed E-state index contributed by atoms with van der Waals surface area (Å²) in [4.78, 5) is 0. The summed E-state index contributed by atoms with van der Waals surface area (Å²) in [5, 5.41) is 7.65. The largest absolute Gasteiger partial charge is 0.0703 e. The molecular formula is C44H44P2. The Labute approximate surface area is 278 Å². The third kappa shape index (κ3) is 5.85. The third-order valence-corrected chi connectivity index (χ3v) is 16.1. The standard InChI is InChI=1S/C44H44P2/c1-5-19-35(20-6-1)45(36-21-7-2-8-22-36)41-31-29-33-17-13-15-27-39(33)43(41)44-40-28-16-14-18-34(40)30-32-42(44)46(37-23-9-3-10-24-37)38-25-11-4-12-26-38/h1-12,19-26,29,31,42,44H,13-18,27-28,30,32H2/t42?,44-/m0/s1. The zero-order chi connectivity index (χ0) is 30.7. The predicted molar refractivity (Wildman–Crippen MR) is 202 cm³/mol. The van der Waals surface area contributed by atoms with Crippen LogP contribution in [0, 0.1) is 0 Å².